The molecule has 1 fully saturated rings. The van der Waals surface area contributed by atoms with Crippen LogP contribution in [-0.4, -0.2) is 36.8 Å². The second-order valence-electron chi connectivity index (χ2n) is 5.09. The van der Waals surface area contributed by atoms with Gasteiger partial charge in [-0.25, -0.2) is 8.42 Å². The summed E-state index contributed by atoms with van der Waals surface area (Å²) in [6, 6.07) is 8.65. The SMILES string of the molecule is Cl.N[C@@H]1CCCN(S(=O)(=O)c2cccc3ncccc23)C1. The second kappa shape index (κ2) is 6.27. The van der Waals surface area contributed by atoms with Gasteiger partial charge in [0.25, 0.3) is 0 Å². The summed E-state index contributed by atoms with van der Waals surface area (Å²) in [4.78, 5) is 4.52. The van der Waals surface area contributed by atoms with Crippen LogP contribution in [0.25, 0.3) is 10.9 Å². The Morgan fingerprint density at radius 2 is 2.05 bits per heavy atom. The number of nitrogens with two attached hydrogens (primary N) is 1. The van der Waals surface area contributed by atoms with Crippen LogP contribution >= 0.6 is 12.4 Å². The number of piperidine rings is 1. The Balaban J connectivity index is 0.00000161. The Hall–Kier alpha value is -1.21. The lowest BCUT2D eigenvalue weighted by molar-refractivity contribution is 0.316. The highest BCUT2D eigenvalue weighted by Gasteiger charge is 2.30. The van der Waals surface area contributed by atoms with Crippen molar-refractivity contribution in [3.63, 3.8) is 0 Å². The van der Waals surface area contributed by atoms with Crippen LogP contribution < -0.4 is 5.73 Å². The number of hydrogen-bond acceptors (Lipinski definition) is 4. The molecule has 1 aromatic carbocycles. The molecule has 1 aromatic heterocycles. The number of benzene rings is 1. The number of fused-ring (bicyclic) bond motifs is 1. The van der Waals surface area contributed by atoms with Crippen LogP contribution in [0.15, 0.2) is 41.4 Å². The smallest absolute Gasteiger partial charge is 0.243 e. The zero-order valence-electron chi connectivity index (χ0n) is 11.5. The van der Waals surface area contributed by atoms with Crippen molar-refractivity contribution in [3.05, 3.63) is 36.5 Å². The minimum absolute atomic E-state index is 0. The maximum Gasteiger partial charge on any atom is 0.243 e. The zero-order valence-corrected chi connectivity index (χ0v) is 13.1. The molecule has 5 nitrogen and oxygen atoms in total. The van der Waals surface area contributed by atoms with Crippen LogP contribution in [0.3, 0.4) is 0 Å². The van der Waals surface area contributed by atoms with Crippen molar-refractivity contribution in [1.29, 1.82) is 0 Å². The molecular weight excluding hydrogens is 310 g/mol. The van der Waals surface area contributed by atoms with Gasteiger partial charge in [-0.3, -0.25) is 4.98 Å². The summed E-state index contributed by atoms with van der Waals surface area (Å²) in [5.74, 6) is 0. The Labute approximate surface area is 130 Å². The first-order chi connectivity index (χ1) is 9.59. The number of aromatic nitrogens is 1. The van der Waals surface area contributed by atoms with Crippen molar-refractivity contribution in [3.8, 4) is 0 Å². The molecular formula is C14H18ClN3O2S. The summed E-state index contributed by atoms with van der Waals surface area (Å²) in [5, 5.41) is 0.661. The third-order valence-electron chi connectivity index (χ3n) is 3.64. The first-order valence-corrected chi connectivity index (χ1v) is 8.12. The monoisotopic (exact) mass is 327 g/mol. The van der Waals surface area contributed by atoms with Crippen LogP contribution in [0.4, 0.5) is 0 Å². The lowest BCUT2D eigenvalue weighted by Gasteiger charge is -2.30. The first kappa shape index (κ1) is 16.2. The molecule has 1 aliphatic rings. The van der Waals surface area contributed by atoms with Crippen LogP contribution in [-0.2, 0) is 10.0 Å². The van der Waals surface area contributed by atoms with E-state index < -0.39 is 10.0 Å². The van der Waals surface area contributed by atoms with Crippen LogP contribution in [0.2, 0.25) is 0 Å². The minimum Gasteiger partial charge on any atom is -0.327 e. The molecule has 0 aliphatic carbocycles. The Bertz CT molecular complexity index is 731. The van der Waals surface area contributed by atoms with E-state index in [9.17, 15) is 8.42 Å². The van der Waals surface area contributed by atoms with E-state index >= 15 is 0 Å². The molecule has 3 rings (SSSR count). The third-order valence-corrected chi connectivity index (χ3v) is 5.57. The highest BCUT2D eigenvalue weighted by Crippen LogP contribution is 2.26. The van der Waals surface area contributed by atoms with Crippen LogP contribution in [0.5, 0.6) is 0 Å². The number of sulfonamides is 1. The molecule has 1 atom stereocenters. The molecule has 2 aromatic rings. The van der Waals surface area contributed by atoms with E-state index in [0.717, 1.165) is 12.8 Å². The fourth-order valence-electron chi connectivity index (χ4n) is 2.63. The fourth-order valence-corrected chi connectivity index (χ4v) is 4.37. The zero-order chi connectivity index (χ0) is 14.2. The summed E-state index contributed by atoms with van der Waals surface area (Å²) in [6.07, 6.45) is 3.35. The minimum atomic E-state index is -3.51. The van der Waals surface area contributed by atoms with Gasteiger partial charge >= 0.3 is 0 Å². The van der Waals surface area contributed by atoms with Gasteiger partial charge < -0.3 is 5.73 Å². The summed E-state index contributed by atoms with van der Waals surface area (Å²) in [6.45, 7) is 0.922. The number of hydrogen-bond donors (Lipinski definition) is 1. The summed E-state index contributed by atoms with van der Waals surface area (Å²) in [7, 11) is -3.51. The van der Waals surface area contributed by atoms with Crippen LogP contribution in [0, 0.1) is 0 Å². The number of pyridine rings is 1. The Morgan fingerprint density at radius 3 is 2.81 bits per heavy atom. The first-order valence-electron chi connectivity index (χ1n) is 6.68. The van der Waals surface area contributed by atoms with Crippen molar-refractivity contribution in [2.45, 2.75) is 23.8 Å². The lowest BCUT2D eigenvalue weighted by atomic mass is 10.1. The summed E-state index contributed by atoms with van der Waals surface area (Å²) in [5.41, 5.74) is 6.58. The fraction of sp³-hybridized carbons (Fsp3) is 0.357. The average molecular weight is 328 g/mol. The van der Waals surface area contributed by atoms with Crippen molar-refractivity contribution < 1.29 is 8.42 Å². The number of rotatable bonds is 2. The lowest BCUT2D eigenvalue weighted by Crippen LogP contribution is -2.45. The standard InChI is InChI=1S/C14H17N3O2S.ClH/c15-11-4-3-9-17(10-11)20(18,19)14-7-1-6-13-12(14)5-2-8-16-13;/h1-2,5-8,11H,3-4,9-10,15H2;1H/t11-;/m1./s1. The predicted octanol–water partition coefficient (Wildman–Crippen LogP) is 1.77. The van der Waals surface area contributed by atoms with E-state index in [-0.39, 0.29) is 18.4 Å². The van der Waals surface area contributed by atoms with E-state index in [1.807, 2.05) is 6.07 Å². The largest absolute Gasteiger partial charge is 0.327 e. The highest BCUT2D eigenvalue weighted by molar-refractivity contribution is 7.89. The topological polar surface area (TPSA) is 76.3 Å². The van der Waals surface area contributed by atoms with Gasteiger partial charge in [0, 0.05) is 30.7 Å². The average Bonchev–Trinajstić information content (AvgIpc) is 2.46. The van der Waals surface area contributed by atoms with Gasteiger partial charge in [0.2, 0.25) is 10.0 Å². The van der Waals surface area contributed by atoms with Crippen molar-refractivity contribution in [2.75, 3.05) is 13.1 Å². The molecule has 0 amide bonds. The van der Waals surface area contributed by atoms with Gasteiger partial charge in [-0.15, -0.1) is 12.4 Å². The van der Waals surface area contributed by atoms with Gasteiger partial charge in [0.15, 0.2) is 0 Å². The van der Waals surface area contributed by atoms with E-state index in [2.05, 4.69) is 4.98 Å². The molecule has 0 spiro atoms. The van der Waals surface area contributed by atoms with E-state index in [4.69, 9.17) is 5.73 Å². The molecule has 21 heavy (non-hydrogen) atoms. The molecule has 0 saturated carbocycles. The van der Waals surface area contributed by atoms with E-state index in [1.54, 1.807) is 30.5 Å². The third kappa shape index (κ3) is 3.03. The molecule has 0 radical (unpaired) electrons. The maximum atomic E-state index is 12.8. The molecule has 0 bridgehead atoms. The molecule has 1 saturated heterocycles. The van der Waals surface area contributed by atoms with Gasteiger partial charge in [0.1, 0.15) is 0 Å². The maximum absolute atomic E-state index is 12.8. The molecule has 2 N–H and O–H groups in total. The van der Waals surface area contributed by atoms with Crippen molar-refractivity contribution in [1.82, 2.24) is 9.29 Å². The highest BCUT2D eigenvalue weighted by atomic mass is 35.5. The Morgan fingerprint density at radius 1 is 1.24 bits per heavy atom. The molecule has 114 valence electrons. The van der Waals surface area contributed by atoms with Gasteiger partial charge in [-0.2, -0.15) is 4.31 Å². The molecule has 0 unspecified atom stereocenters. The summed E-state index contributed by atoms with van der Waals surface area (Å²) >= 11 is 0. The quantitative estimate of drug-likeness (QED) is 0.912. The predicted molar refractivity (Wildman–Crippen MR) is 85.0 cm³/mol. The van der Waals surface area contributed by atoms with Gasteiger partial charge in [-0.1, -0.05) is 6.07 Å². The molecule has 7 heteroatoms. The van der Waals surface area contributed by atoms with Gasteiger partial charge in [-0.05, 0) is 37.1 Å². The second-order valence-corrected chi connectivity index (χ2v) is 7.00. The van der Waals surface area contributed by atoms with E-state index in [1.165, 1.54) is 4.31 Å². The van der Waals surface area contributed by atoms with E-state index in [0.29, 0.717) is 28.9 Å². The van der Waals surface area contributed by atoms with Gasteiger partial charge in [0.05, 0.1) is 10.4 Å². The molecule has 1 aliphatic heterocycles. The summed E-state index contributed by atoms with van der Waals surface area (Å²) < 4.78 is 27.1. The normalized spacial score (nSPS) is 20.1. The number of nitrogens with zero attached hydrogens (tertiary/aromatic N) is 2. The van der Waals surface area contributed by atoms with Crippen LogP contribution in [0.1, 0.15) is 12.8 Å². The number of halogens is 1. The van der Waals surface area contributed by atoms with Crippen molar-refractivity contribution in [2.24, 2.45) is 5.73 Å². The molecule has 2 heterocycles. The van der Waals surface area contributed by atoms with Crippen molar-refractivity contribution >= 4 is 33.3 Å². The Kier molecular flexibility index (Phi) is 4.83.